The van der Waals surface area contributed by atoms with Crippen LogP contribution in [0.25, 0.3) is 6.08 Å². The molecule has 0 aliphatic rings. The molecular weight excluding hydrogens is 180 g/mol. The standard InChI is InChI=1S/C11H14OS/c1-9-4-5-10(3-2-6-13)7-11(9)8-12/h2-5,7,12-13H,6,8H2,1H3. The molecule has 1 nitrogen and oxygen atoms in total. The maximum absolute atomic E-state index is 9.03. The fourth-order valence-corrected chi connectivity index (χ4v) is 1.26. The lowest BCUT2D eigenvalue weighted by Crippen LogP contribution is -1.88. The molecule has 0 aliphatic carbocycles. The van der Waals surface area contributed by atoms with Crippen LogP contribution in [0.2, 0.25) is 0 Å². The highest BCUT2D eigenvalue weighted by Gasteiger charge is 1.96. The van der Waals surface area contributed by atoms with E-state index in [1.807, 2.05) is 37.3 Å². The summed E-state index contributed by atoms with van der Waals surface area (Å²) in [7, 11) is 0. The van der Waals surface area contributed by atoms with Crippen LogP contribution in [0.3, 0.4) is 0 Å². The molecule has 1 aromatic rings. The molecule has 0 amide bonds. The summed E-state index contributed by atoms with van der Waals surface area (Å²) in [4.78, 5) is 0. The maximum Gasteiger partial charge on any atom is 0.0684 e. The van der Waals surface area contributed by atoms with E-state index in [4.69, 9.17) is 5.11 Å². The molecule has 0 spiro atoms. The third-order valence-corrected chi connectivity index (χ3v) is 2.17. The summed E-state index contributed by atoms with van der Waals surface area (Å²) in [5.74, 6) is 0.738. The lowest BCUT2D eigenvalue weighted by molar-refractivity contribution is 0.281. The average molecular weight is 194 g/mol. The van der Waals surface area contributed by atoms with E-state index in [2.05, 4.69) is 12.6 Å². The maximum atomic E-state index is 9.03. The van der Waals surface area contributed by atoms with E-state index in [1.165, 1.54) is 0 Å². The lowest BCUT2D eigenvalue weighted by Gasteiger charge is -2.02. The van der Waals surface area contributed by atoms with Crippen LogP contribution >= 0.6 is 12.6 Å². The van der Waals surface area contributed by atoms with Crippen LogP contribution in [-0.4, -0.2) is 10.9 Å². The van der Waals surface area contributed by atoms with Crippen LogP contribution in [0.15, 0.2) is 24.3 Å². The van der Waals surface area contributed by atoms with Gasteiger partial charge in [-0.25, -0.2) is 0 Å². The third-order valence-electron chi connectivity index (χ3n) is 1.96. The van der Waals surface area contributed by atoms with E-state index in [0.717, 1.165) is 22.4 Å². The van der Waals surface area contributed by atoms with Gasteiger partial charge in [0.2, 0.25) is 0 Å². The number of aliphatic hydroxyl groups is 1. The van der Waals surface area contributed by atoms with Gasteiger partial charge in [0.25, 0.3) is 0 Å². The number of hydrogen-bond donors (Lipinski definition) is 2. The Balaban J connectivity index is 2.92. The molecule has 1 rings (SSSR count). The first-order chi connectivity index (χ1) is 6.27. The Morgan fingerprint density at radius 3 is 2.85 bits per heavy atom. The monoisotopic (exact) mass is 194 g/mol. The first-order valence-corrected chi connectivity index (χ1v) is 4.89. The Morgan fingerprint density at radius 1 is 1.46 bits per heavy atom. The number of thiol groups is 1. The quantitative estimate of drug-likeness (QED) is 0.708. The molecule has 2 heteroatoms. The van der Waals surface area contributed by atoms with Crippen molar-refractivity contribution in [3.05, 3.63) is 41.0 Å². The molecule has 1 aromatic carbocycles. The fourth-order valence-electron chi connectivity index (χ4n) is 1.15. The number of aliphatic hydroxyl groups excluding tert-OH is 1. The summed E-state index contributed by atoms with van der Waals surface area (Å²) in [5, 5.41) is 9.03. The zero-order valence-corrected chi connectivity index (χ0v) is 8.59. The normalized spacial score (nSPS) is 11.0. The zero-order valence-electron chi connectivity index (χ0n) is 7.70. The highest BCUT2D eigenvalue weighted by Crippen LogP contribution is 2.12. The van der Waals surface area contributed by atoms with Crippen LogP contribution in [0.4, 0.5) is 0 Å². The second kappa shape index (κ2) is 5.10. The molecule has 0 aromatic heterocycles. The Labute approximate surface area is 84.5 Å². The summed E-state index contributed by atoms with van der Waals surface area (Å²) in [6.45, 7) is 2.10. The SMILES string of the molecule is Cc1ccc(C=CCS)cc1CO. The van der Waals surface area contributed by atoms with Crippen LogP contribution in [0.1, 0.15) is 16.7 Å². The third kappa shape index (κ3) is 2.90. The van der Waals surface area contributed by atoms with Crippen molar-refractivity contribution in [3.8, 4) is 0 Å². The van der Waals surface area contributed by atoms with Crippen LogP contribution < -0.4 is 0 Å². The summed E-state index contributed by atoms with van der Waals surface area (Å²) in [6, 6.07) is 6.05. The minimum absolute atomic E-state index is 0.106. The van der Waals surface area contributed by atoms with Crippen molar-refractivity contribution in [2.24, 2.45) is 0 Å². The molecule has 1 N–H and O–H groups in total. The van der Waals surface area contributed by atoms with E-state index in [9.17, 15) is 0 Å². The molecule has 0 heterocycles. The summed E-state index contributed by atoms with van der Waals surface area (Å²) in [5.41, 5.74) is 3.23. The fraction of sp³-hybridized carbons (Fsp3) is 0.273. The van der Waals surface area contributed by atoms with Crippen molar-refractivity contribution in [2.45, 2.75) is 13.5 Å². The van der Waals surface area contributed by atoms with Gasteiger partial charge in [0.15, 0.2) is 0 Å². The topological polar surface area (TPSA) is 20.2 Å². The van der Waals surface area contributed by atoms with Crippen molar-refractivity contribution in [2.75, 3.05) is 5.75 Å². The van der Waals surface area contributed by atoms with E-state index >= 15 is 0 Å². The van der Waals surface area contributed by atoms with Crippen molar-refractivity contribution in [1.82, 2.24) is 0 Å². The molecule has 0 radical (unpaired) electrons. The predicted octanol–water partition coefficient (Wildman–Crippen LogP) is 2.43. The molecule has 0 fully saturated rings. The van der Waals surface area contributed by atoms with Gasteiger partial charge in [-0.05, 0) is 29.7 Å². The number of rotatable bonds is 3. The summed E-state index contributed by atoms with van der Waals surface area (Å²) >= 11 is 4.08. The van der Waals surface area contributed by atoms with Crippen molar-refractivity contribution >= 4 is 18.7 Å². The minimum atomic E-state index is 0.106. The second-order valence-electron chi connectivity index (χ2n) is 2.93. The van der Waals surface area contributed by atoms with Crippen molar-refractivity contribution in [1.29, 1.82) is 0 Å². The Kier molecular flexibility index (Phi) is 4.06. The first kappa shape index (κ1) is 10.4. The van der Waals surface area contributed by atoms with E-state index < -0.39 is 0 Å². The summed E-state index contributed by atoms with van der Waals surface area (Å²) in [6.07, 6.45) is 3.99. The molecule has 0 aliphatic heterocycles. The molecular formula is C11H14OS. The van der Waals surface area contributed by atoms with Crippen molar-refractivity contribution in [3.63, 3.8) is 0 Å². The highest BCUT2D eigenvalue weighted by atomic mass is 32.1. The first-order valence-electron chi connectivity index (χ1n) is 4.25. The van der Waals surface area contributed by atoms with Crippen LogP contribution in [0, 0.1) is 6.92 Å². The molecule has 0 atom stereocenters. The van der Waals surface area contributed by atoms with Gasteiger partial charge in [-0.2, -0.15) is 12.6 Å². The molecule has 0 saturated heterocycles. The predicted molar refractivity (Wildman–Crippen MR) is 60.0 cm³/mol. The van der Waals surface area contributed by atoms with Gasteiger partial charge in [-0.3, -0.25) is 0 Å². The smallest absolute Gasteiger partial charge is 0.0684 e. The van der Waals surface area contributed by atoms with Gasteiger partial charge < -0.3 is 5.11 Å². The van der Waals surface area contributed by atoms with Crippen LogP contribution in [0.5, 0.6) is 0 Å². The van der Waals surface area contributed by atoms with Gasteiger partial charge in [0, 0.05) is 5.75 Å². The van der Waals surface area contributed by atoms with Gasteiger partial charge in [-0.1, -0.05) is 24.3 Å². The summed E-state index contributed by atoms with van der Waals surface area (Å²) < 4.78 is 0. The average Bonchev–Trinajstić information content (AvgIpc) is 2.16. The zero-order chi connectivity index (χ0) is 9.68. The van der Waals surface area contributed by atoms with Gasteiger partial charge >= 0.3 is 0 Å². The minimum Gasteiger partial charge on any atom is -0.392 e. The molecule has 0 saturated carbocycles. The lowest BCUT2D eigenvalue weighted by atomic mass is 10.1. The number of hydrogen-bond acceptors (Lipinski definition) is 2. The van der Waals surface area contributed by atoms with Gasteiger partial charge in [0.1, 0.15) is 0 Å². The highest BCUT2D eigenvalue weighted by molar-refractivity contribution is 7.80. The Hall–Kier alpha value is -0.730. The van der Waals surface area contributed by atoms with Crippen LogP contribution in [-0.2, 0) is 6.61 Å². The second-order valence-corrected chi connectivity index (χ2v) is 3.29. The number of benzene rings is 1. The largest absolute Gasteiger partial charge is 0.392 e. The van der Waals surface area contributed by atoms with Gasteiger partial charge in [0.05, 0.1) is 6.61 Å². The molecule has 13 heavy (non-hydrogen) atoms. The van der Waals surface area contributed by atoms with E-state index in [-0.39, 0.29) is 6.61 Å². The molecule has 0 unspecified atom stereocenters. The molecule has 0 bridgehead atoms. The van der Waals surface area contributed by atoms with Crippen molar-refractivity contribution < 1.29 is 5.11 Å². The molecule has 70 valence electrons. The Bertz CT molecular complexity index is 305. The number of aryl methyl sites for hydroxylation is 1. The van der Waals surface area contributed by atoms with Gasteiger partial charge in [-0.15, -0.1) is 0 Å². The Morgan fingerprint density at radius 2 is 2.23 bits per heavy atom. The van der Waals surface area contributed by atoms with E-state index in [0.29, 0.717) is 0 Å². The van der Waals surface area contributed by atoms with E-state index in [1.54, 1.807) is 0 Å².